The second-order valence-corrected chi connectivity index (χ2v) is 4.39. The fraction of sp³-hybridized carbons (Fsp3) is 0.222. The van der Waals surface area contributed by atoms with Gasteiger partial charge in [0.15, 0.2) is 5.82 Å². The lowest BCUT2D eigenvalue weighted by Crippen LogP contribution is -2.04. The Labute approximate surface area is 100 Å². The molecular formula is C9H8BrClN4. The van der Waals surface area contributed by atoms with E-state index >= 15 is 0 Å². The summed E-state index contributed by atoms with van der Waals surface area (Å²) in [4.78, 5) is 8.37. The molecule has 0 saturated heterocycles. The topological polar surface area (TPSA) is 43.6 Å². The highest BCUT2D eigenvalue weighted by Gasteiger charge is 2.09. The molecule has 2 heterocycles. The van der Waals surface area contributed by atoms with Crippen molar-refractivity contribution >= 4 is 27.5 Å². The van der Waals surface area contributed by atoms with Gasteiger partial charge in [0, 0.05) is 11.8 Å². The summed E-state index contributed by atoms with van der Waals surface area (Å²) >= 11 is 9.30. The first kappa shape index (κ1) is 10.6. The Morgan fingerprint density at radius 1 is 1.33 bits per heavy atom. The van der Waals surface area contributed by atoms with Gasteiger partial charge in [-0.3, -0.25) is 0 Å². The van der Waals surface area contributed by atoms with Crippen LogP contribution in [0.3, 0.4) is 0 Å². The molecule has 15 heavy (non-hydrogen) atoms. The Balaban J connectivity index is 2.62. The number of halogens is 2. The maximum atomic E-state index is 5.97. The molecule has 0 aliphatic rings. The molecule has 2 rings (SSSR count). The summed E-state index contributed by atoms with van der Waals surface area (Å²) in [6.45, 7) is 3.67. The van der Waals surface area contributed by atoms with Crippen LogP contribution in [0.5, 0.6) is 0 Å². The number of hydrogen-bond acceptors (Lipinski definition) is 3. The lowest BCUT2D eigenvalue weighted by Gasteiger charge is -2.06. The van der Waals surface area contributed by atoms with E-state index in [1.165, 1.54) is 0 Å². The molecule has 4 nitrogen and oxygen atoms in total. The number of hydrogen-bond donors (Lipinski definition) is 0. The molecule has 0 aliphatic carbocycles. The van der Waals surface area contributed by atoms with Crippen molar-refractivity contribution < 1.29 is 0 Å². The zero-order valence-electron chi connectivity index (χ0n) is 8.20. The molecule has 2 aromatic rings. The molecule has 0 atom stereocenters. The van der Waals surface area contributed by atoms with Crippen molar-refractivity contribution in [3.8, 4) is 5.82 Å². The maximum absolute atomic E-state index is 5.97. The SMILES string of the molecule is Cc1nc(Cl)c(C)c(-n2cc(Br)cn2)n1. The summed E-state index contributed by atoms with van der Waals surface area (Å²) in [5.41, 5.74) is 0.817. The molecule has 0 aliphatic heterocycles. The number of nitrogens with zero attached hydrogens (tertiary/aromatic N) is 4. The van der Waals surface area contributed by atoms with Crippen LogP contribution in [0, 0.1) is 13.8 Å². The smallest absolute Gasteiger partial charge is 0.161 e. The second kappa shape index (κ2) is 3.90. The van der Waals surface area contributed by atoms with Gasteiger partial charge >= 0.3 is 0 Å². The van der Waals surface area contributed by atoms with Crippen LogP contribution in [0.15, 0.2) is 16.9 Å². The molecule has 78 valence electrons. The highest BCUT2D eigenvalue weighted by atomic mass is 79.9. The zero-order valence-corrected chi connectivity index (χ0v) is 10.5. The highest BCUT2D eigenvalue weighted by Crippen LogP contribution is 2.19. The second-order valence-electron chi connectivity index (χ2n) is 3.11. The van der Waals surface area contributed by atoms with Crippen LogP contribution in [0.25, 0.3) is 5.82 Å². The van der Waals surface area contributed by atoms with Crippen LogP contribution in [-0.2, 0) is 0 Å². The van der Waals surface area contributed by atoms with Gasteiger partial charge in [0.25, 0.3) is 0 Å². The summed E-state index contributed by atoms with van der Waals surface area (Å²) in [7, 11) is 0. The van der Waals surface area contributed by atoms with Crippen LogP contribution >= 0.6 is 27.5 Å². The van der Waals surface area contributed by atoms with Gasteiger partial charge in [0.05, 0.1) is 10.7 Å². The average Bonchev–Trinajstić information content (AvgIpc) is 2.58. The van der Waals surface area contributed by atoms with Gasteiger partial charge in [-0.2, -0.15) is 5.10 Å². The Morgan fingerprint density at radius 3 is 2.67 bits per heavy atom. The minimum atomic E-state index is 0.462. The van der Waals surface area contributed by atoms with Gasteiger partial charge in [0.1, 0.15) is 11.0 Å². The third-order valence-electron chi connectivity index (χ3n) is 1.94. The van der Waals surface area contributed by atoms with Crippen molar-refractivity contribution in [2.45, 2.75) is 13.8 Å². The standard InChI is InChI=1S/C9H8BrClN4/c1-5-8(11)13-6(2)14-9(5)15-4-7(10)3-12-15/h3-4H,1-2H3. The number of rotatable bonds is 1. The molecule has 0 spiro atoms. The average molecular weight is 288 g/mol. The maximum Gasteiger partial charge on any atom is 0.161 e. The van der Waals surface area contributed by atoms with Crippen LogP contribution in [-0.4, -0.2) is 19.7 Å². The minimum Gasteiger partial charge on any atom is -0.221 e. The molecule has 0 amide bonds. The monoisotopic (exact) mass is 286 g/mol. The largest absolute Gasteiger partial charge is 0.221 e. The summed E-state index contributed by atoms with van der Waals surface area (Å²) < 4.78 is 2.56. The van der Waals surface area contributed by atoms with E-state index in [2.05, 4.69) is 31.0 Å². The molecule has 0 unspecified atom stereocenters. The van der Waals surface area contributed by atoms with Gasteiger partial charge in [-0.15, -0.1) is 0 Å². The first-order valence-corrected chi connectivity index (χ1v) is 5.46. The Bertz CT molecular complexity index is 509. The van der Waals surface area contributed by atoms with E-state index in [-0.39, 0.29) is 0 Å². The van der Waals surface area contributed by atoms with Crippen molar-refractivity contribution in [1.29, 1.82) is 0 Å². The summed E-state index contributed by atoms with van der Waals surface area (Å²) in [5.74, 6) is 1.34. The number of aryl methyl sites for hydroxylation is 1. The third-order valence-corrected chi connectivity index (χ3v) is 2.72. The molecule has 0 radical (unpaired) electrons. The highest BCUT2D eigenvalue weighted by molar-refractivity contribution is 9.10. The number of aromatic nitrogens is 4. The predicted molar refractivity (Wildman–Crippen MR) is 61.3 cm³/mol. The van der Waals surface area contributed by atoms with Crippen molar-refractivity contribution in [3.63, 3.8) is 0 Å². The van der Waals surface area contributed by atoms with Crippen LogP contribution < -0.4 is 0 Å². The lowest BCUT2D eigenvalue weighted by molar-refractivity contribution is 0.817. The molecule has 0 saturated carbocycles. The summed E-state index contributed by atoms with van der Waals surface area (Å²) in [6.07, 6.45) is 3.52. The van der Waals surface area contributed by atoms with E-state index in [1.54, 1.807) is 17.8 Å². The molecule has 2 aromatic heterocycles. The molecule has 6 heteroatoms. The van der Waals surface area contributed by atoms with Crippen LogP contribution in [0.2, 0.25) is 5.15 Å². The van der Waals surface area contributed by atoms with Crippen molar-refractivity contribution in [2.75, 3.05) is 0 Å². The van der Waals surface area contributed by atoms with E-state index in [9.17, 15) is 0 Å². The first-order valence-electron chi connectivity index (χ1n) is 4.29. The van der Waals surface area contributed by atoms with E-state index in [0.717, 1.165) is 10.0 Å². The Kier molecular flexibility index (Phi) is 2.75. The van der Waals surface area contributed by atoms with Gasteiger partial charge in [-0.25, -0.2) is 14.6 Å². The fourth-order valence-electron chi connectivity index (χ4n) is 1.22. The lowest BCUT2D eigenvalue weighted by atomic mass is 10.3. The summed E-state index contributed by atoms with van der Waals surface area (Å²) in [5, 5.41) is 4.61. The normalized spacial score (nSPS) is 10.7. The molecular weight excluding hydrogens is 279 g/mol. The molecule has 0 bridgehead atoms. The summed E-state index contributed by atoms with van der Waals surface area (Å²) in [6, 6.07) is 0. The van der Waals surface area contributed by atoms with Gasteiger partial charge in [-0.05, 0) is 29.8 Å². The van der Waals surface area contributed by atoms with E-state index in [1.807, 2.05) is 13.1 Å². The first-order chi connectivity index (χ1) is 7.08. The van der Waals surface area contributed by atoms with E-state index < -0.39 is 0 Å². The van der Waals surface area contributed by atoms with Crippen molar-refractivity contribution in [2.24, 2.45) is 0 Å². The van der Waals surface area contributed by atoms with Crippen LogP contribution in [0.1, 0.15) is 11.4 Å². The van der Waals surface area contributed by atoms with Gasteiger partial charge < -0.3 is 0 Å². The third kappa shape index (κ3) is 2.03. The minimum absolute atomic E-state index is 0.462. The zero-order chi connectivity index (χ0) is 11.0. The quantitative estimate of drug-likeness (QED) is 0.758. The van der Waals surface area contributed by atoms with Crippen LogP contribution in [0.4, 0.5) is 0 Å². The fourth-order valence-corrected chi connectivity index (χ4v) is 1.71. The van der Waals surface area contributed by atoms with E-state index in [4.69, 9.17) is 11.6 Å². The van der Waals surface area contributed by atoms with Crippen molar-refractivity contribution in [3.05, 3.63) is 33.4 Å². The Morgan fingerprint density at radius 2 is 2.07 bits per heavy atom. The Hall–Kier alpha value is -0.940. The van der Waals surface area contributed by atoms with Gasteiger partial charge in [0.2, 0.25) is 0 Å². The molecule has 0 N–H and O–H groups in total. The van der Waals surface area contributed by atoms with E-state index in [0.29, 0.717) is 16.8 Å². The molecule has 0 aromatic carbocycles. The predicted octanol–water partition coefficient (Wildman–Crippen LogP) is 2.70. The van der Waals surface area contributed by atoms with Crippen molar-refractivity contribution in [1.82, 2.24) is 19.7 Å². The molecule has 0 fully saturated rings. The van der Waals surface area contributed by atoms with Gasteiger partial charge in [-0.1, -0.05) is 11.6 Å².